The second-order valence-corrected chi connectivity index (χ2v) is 5.12. The lowest BCUT2D eigenvalue weighted by Crippen LogP contribution is -2.16. The topological polar surface area (TPSA) is 12.0 Å². The number of nitrogens with one attached hydrogen (secondary N) is 1. The molecule has 0 amide bonds. The van der Waals surface area contributed by atoms with Gasteiger partial charge >= 0.3 is 0 Å². The van der Waals surface area contributed by atoms with Gasteiger partial charge in [-0.15, -0.1) is 0 Å². The van der Waals surface area contributed by atoms with Crippen LogP contribution in [0.1, 0.15) is 11.1 Å². The molecule has 1 nitrogen and oxygen atoms in total. The molecule has 0 saturated carbocycles. The average Bonchev–Trinajstić information content (AvgIpc) is 2.39. The third-order valence-electron chi connectivity index (χ3n) is 2.79. The molecule has 0 saturated heterocycles. The monoisotopic (exact) mass is 297 g/mol. The van der Waals surface area contributed by atoms with Crippen LogP contribution in [0.15, 0.2) is 42.5 Å². The summed E-state index contributed by atoms with van der Waals surface area (Å²) >= 11 is 11.8. The molecule has 0 heterocycles. The Labute approximate surface area is 122 Å². The fourth-order valence-electron chi connectivity index (χ4n) is 1.81. The van der Waals surface area contributed by atoms with E-state index < -0.39 is 0 Å². The maximum absolute atomic E-state index is 13.0. The zero-order valence-electron chi connectivity index (χ0n) is 10.3. The lowest BCUT2D eigenvalue weighted by molar-refractivity contribution is 0.622. The van der Waals surface area contributed by atoms with Crippen molar-refractivity contribution in [1.82, 2.24) is 5.32 Å². The first kappa shape index (κ1) is 14.3. The van der Waals surface area contributed by atoms with Gasteiger partial charge in [-0.3, -0.25) is 0 Å². The molecule has 0 aliphatic carbocycles. The van der Waals surface area contributed by atoms with Crippen LogP contribution in [0, 0.1) is 5.82 Å². The zero-order chi connectivity index (χ0) is 13.7. The number of hydrogen-bond donors (Lipinski definition) is 1. The quantitative estimate of drug-likeness (QED) is 0.803. The molecule has 1 N–H and O–H groups in total. The fourth-order valence-corrected chi connectivity index (χ4v) is 2.13. The second-order valence-electron chi connectivity index (χ2n) is 4.31. The smallest absolute Gasteiger partial charge is 0.123 e. The van der Waals surface area contributed by atoms with E-state index in [1.807, 2.05) is 18.2 Å². The predicted molar refractivity (Wildman–Crippen MR) is 78.3 cm³/mol. The molecule has 0 spiro atoms. The Kier molecular flexibility index (Phi) is 5.20. The molecule has 4 heteroatoms. The van der Waals surface area contributed by atoms with Gasteiger partial charge in [0.25, 0.3) is 0 Å². The average molecular weight is 298 g/mol. The standard InChI is InChI=1S/C15H14Cl2FN/c16-14-5-4-12(9-15(14)17)10-19-7-6-11-2-1-3-13(18)8-11/h1-5,8-9,19H,6-7,10H2. The summed E-state index contributed by atoms with van der Waals surface area (Å²) in [6, 6.07) is 12.2. The second kappa shape index (κ2) is 6.90. The van der Waals surface area contributed by atoms with Crippen molar-refractivity contribution in [2.45, 2.75) is 13.0 Å². The van der Waals surface area contributed by atoms with E-state index in [-0.39, 0.29) is 5.82 Å². The van der Waals surface area contributed by atoms with Crippen LogP contribution >= 0.6 is 23.2 Å². The largest absolute Gasteiger partial charge is 0.312 e. The van der Waals surface area contributed by atoms with Crippen LogP contribution in [-0.4, -0.2) is 6.54 Å². The molecule has 2 aromatic carbocycles. The molecular formula is C15H14Cl2FN. The summed E-state index contributed by atoms with van der Waals surface area (Å²) in [6.45, 7) is 1.50. The van der Waals surface area contributed by atoms with E-state index >= 15 is 0 Å². The molecular weight excluding hydrogens is 284 g/mol. The first-order chi connectivity index (χ1) is 9.15. The van der Waals surface area contributed by atoms with Crippen LogP contribution < -0.4 is 5.32 Å². The third-order valence-corrected chi connectivity index (χ3v) is 3.53. The molecule has 0 fully saturated rings. The van der Waals surface area contributed by atoms with Gasteiger partial charge in [-0.05, 0) is 48.4 Å². The summed E-state index contributed by atoms with van der Waals surface area (Å²) in [6.07, 6.45) is 0.791. The molecule has 2 rings (SSSR count). The molecule has 0 bridgehead atoms. The Balaban J connectivity index is 1.79. The zero-order valence-corrected chi connectivity index (χ0v) is 11.8. The minimum atomic E-state index is -0.193. The van der Waals surface area contributed by atoms with Crippen LogP contribution in [0.4, 0.5) is 4.39 Å². The highest BCUT2D eigenvalue weighted by atomic mass is 35.5. The van der Waals surface area contributed by atoms with Gasteiger partial charge in [0, 0.05) is 6.54 Å². The summed E-state index contributed by atoms with van der Waals surface area (Å²) in [5.41, 5.74) is 2.07. The fraction of sp³-hybridized carbons (Fsp3) is 0.200. The number of rotatable bonds is 5. The van der Waals surface area contributed by atoms with Gasteiger partial charge in [-0.1, -0.05) is 41.4 Å². The summed E-state index contributed by atoms with van der Waals surface area (Å²) < 4.78 is 13.0. The van der Waals surface area contributed by atoms with Crippen LogP contribution in [0.5, 0.6) is 0 Å². The number of hydrogen-bond acceptors (Lipinski definition) is 1. The van der Waals surface area contributed by atoms with Crippen molar-refractivity contribution in [1.29, 1.82) is 0 Å². The van der Waals surface area contributed by atoms with E-state index in [2.05, 4.69) is 5.32 Å². The predicted octanol–water partition coefficient (Wildman–Crippen LogP) is 4.46. The summed E-state index contributed by atoms with van der Waals surface area (Å²) in [5, 5.41) is 4.41. The maximum atomic E-state index is 13.0. The minimum absolute atomic E-state index is 0.193. The Hall–Kier alpha value is -1.09. The molecule has 19 heavy (non-hydrogen) atoms. The molecule has 100 valence electrons. The molecule has 0 unspecified atom stereocenters. The van der Waals surface area contributed by atoms with E-state index in [4.69, 9.17) is 23.2 Å². The number of benzene rings is 2. The van der Waals surface area contributed by atoms with Crippen LogP contribution in [0.25, 0.3) is 0 Å². The third kappa shape index (κ3) is 4.50. The van der Waals surface area contributed by atoms with Gasteiger partial charge in [0.1, 0.15) is 5.82 Å². The van der Waals surface area contributed by atoms with Gasteiger partial charge in [-0.2, -0.15) is 0 Å². The normalized spacial score (nSPS) is 10.7. The SMILES string of the molecule is Fc1cccc(CCNCc2ccc(Cl)c(Cl)c2)c1. The van der Waals surface area contributed by atoms with Gasteiger partial charge in [0.2, 0.25) is 0 Å². The lowest BCUT2D eigenvalue weighted by atomic mass is 10.1. The summed E-state index contributed by atoms with van der Waals surface area (Å²) in [4.78, 5) is 0. The van der Waals surface area contributed by atoms with Crippen LogP contribution in [-0.2, 0) is 13.0 Å². The molecule has 0 aromatic heterocycles. The first-order valence-corrected chi connectivity index (χ1v) is 6.80. The van der Waals surface area contributed by atoms with E-state index in [9.17, 15) is 4.39 Å². The van der Waals surface area contributed by atoms with Crippen molar-refractivity contribution in [3.05, 3.63) is 69.5 Å². The molecule has 2 aromatic rings. The molecule has 0 aliphatic heterocycles. The Bertz CT molecular complexity index is 558. The highest BCUT2D eigenvalue weighted by molar-refractivity contribution is 6.42. The van der Waals surface area contributed by atoms with Crippen molar-refractivity contribution in [2.24, 2.45) is 0 Å². The van der Waals surface area contributed by atoms with Crippen molar-refractivity contribution in [2.75, 3.05) is 6.54 Å². The Morgan fingerprint density at radius 2 is 1.79 bits per heavy atom. The van der Waals surface area contributed by atoms with Crippen molar-refractivity contribution < 1.29 is 4.39 Å². The maximum Gasteiger partial charge on any atom is 0.123 e. The van der Waals surface area contributed by atoms with Gasteiger partial charge in [0.05, 0.1) is 10.0 Å². The van der Waals surface area contributed by atoms with Crippen molar-refractivity contribution >= 4 is 23.2 Å². The van der Waals surface area contributed by atoms with E-state index in [0.717, 1.165) is 24.1 Å². The van der Waals surface area contributed by atoms with Gasteiger partial charge in [-0.25, -0.2) is 4.39 Å². The van der Waals surface area contributed by atoms with Crippen molar-refractivity contribution in [3.63, 3.8) is 0 Å². The van der Waals surface area contributed by atoms with Gasteiger partial charge < -0.3 is 5.32 Å². The lowest BCUT2D eigenvalue weighted by Gasteiger charge is -2.06. The highest BCUT2D eigenvalue weighted by Crippen LogP contribution is 2.22. The van der Waals surface area contributed by atoms with E-state index in [0.29, 0.717) is 16.6 Å². The van der Waals surface area contributed by atoms with Crippen LogP contribution in [0.2, 0.25) is 10.0 Å². The van der Waals surface area contributed by atoms with Crippen molar-refractivity contribution in [3.8, 4) is 0 Å². The molecule has 0 radical (unpaired) electrons. The minimum Gasteiger partial charge on any atom is -0.312 e. The van der Waals surface area contributed by atoms with Crippen LogP contribution in [0.3, 0.4) is 0 Å². The van der Waals surface area contributed by atoms with E-state index in [1.165, 1.54) is 6.07 Å². The summed E-state index contributed by atoms with van der Waals surface area (Å²) in [7, 11) is 0. The molecule has 0 atom stereocenters. The van der Waals surface area contributed by atoms with Gasteiger partial charge in [0.15, 0.2) is 0 Å². The number of halogens is 3. The molecule has 0 aliphatic rings. The summed E-state index contributed by atoms with van der Waals surface area (Å²) in [5.74, 6) is -0.193. The highest BCUT2D eigenvalue weighted by Gasteiger charge is 2.00. The van der Waals surface area contributed by atoms with E-state index in [1.54, 1.807) is 18.2 Å². The Morgan fingerprint density at radius 3 is 2.53 bits per heavy atom. The first-order valence-electron chi connectivity index (χ1n) is 6.04. The Morgan fingerprint density at radius 1 is 0.947 bits per heavy atom.